The number of benzene rings is 3. The topological polar surface area (TPSA) is 46.2 Å². The first-order chi connectivity index (χ1) is 12.4. The van der Waals surface area contributed by atoms with Crippen LogP contribution in [0.2, 0.25) is 0 Å². The maximum Gasteiger partial charge on any atom is 0.262 e. The molecule has 0 unspecified atom stereocenters. The summed E-state index contributed by atoms with van der Waals surface area (Å²) in [5, 5.41) is 2.16. The summed E-state index contributed by atoms with van der Waals surface area (Å²) in [4.78, 5) is 0.367. The monoisotopic (exact) mass is 367 g/mol. The van der Waals surface area contributed by atoms with E-state index in [0.29, 0.717) is 17.0 Å². The van der Waals surface area contributed by atoms with Gasteiger partial charge in [0, 0.05) is 5.69 Å². The standard InChI is InChI=1S/C22H25NO2S/c1-5-17-8-7-9-18-11-13-21(20(6-2)22(17)18)26(24,25)23-19-12-10-15(3)16(4)14-19/h7-14,23H,5-6H2,1-4H3. The number of fused-ring (bicyclic) bond motifs is 1. The maximum atomic E-state index is 13.1. The van der Waals surface area contributed by atoms with Crippen LogP contribution >= 0.6 is 0 Å². The highest BCUT2D eigenvalue weighted by molar-refractivity contribution is 7.92. The molecule has 0 spiro atoms. The van der Waals surface area contributed by atoms with Crippen molar-refractivity contribution in [3.05, 3.63) is 70.8 Å². The van der Waals surface area contributed by atoms with Gasteiger partial charge in [0.2, 0.25) is 0 Å². The lowest BCUT2D eigenvalue weighted by atomic mass is 9.96. The van der Waals surface area contributed by atoms with Gasteiger partial charge in [0.15, 0.2) is 0 Å². The first-order valence-electron chi connectivity index (χ1n) is 9.01. The van der Waals surface area contributed by atoms with Crippen molar-refractivity contribution in [3.63, 3.8) is 0 Å². The third kappa shape index (κ3) is 3.34. The molecule has 1 N–H and O–H groups in total. The molecule has 26 heavy (non-hydrogen) atoms. The Bertz CT molecular complexity index is 1070. The number of rotatable bonds is 5. The number of hydrogen-bond donors (Lipinski definition) is 1. The van der Waals surface area contributed by atoms with Crippen LogP contribution in [0.4, 0.5) is 5.69 Å². The van der Waals surface area contributed by atoms with E-state index in [0.717, 1.165) is 33.9 Å². The molecule has 3 nitrogen and oxygen atoms in total. The zero-order valence-corrected chi connectivity index (χ0v) is 16.6. The average Bonchev–Trinajstić information content (AvgIpc) is 2.62. The van der Waals surface area contributed by atoms with E-state index >= 15 is 0 Å². The predicted octanol–water partition coefficient (Wildman–Crippen LogP) is 5.38. The molecule has 0 fully saturated rings. The van der Waals surface area contributed by atoms with Gasteiger partial charge in [0.1, 0.15) is 0 Å². The Balaban J connectivity index is 2.15. The molecule has 136 valence electrons. The fraction of sp³-hybridized carbons (Fsp3) is 0.273. The SMILES string of the molecule is CCc1cccc2ccc(S(=O)(=O)Nc3ccc(C)c(C)c3)c(CC)c12. The van der Waals surface area contributed by atoms with Crippen molar-refractivity contribution < 1.29 is 8.42 Å². The van der Waals surface area contributed by atoms with Crippen molar-refractivity contribution in [2.75, 3.05) is 4.72 Å². The summed E-state index contributed by atoms with van der Waals surface area (Å²) >= 11 is 0. The zero-order chi connectivity index (χ0) is 18.9. The van der Waals surface area contributed by atoms with Crippen molar-refractivity contribution in [3.8, 4) is 0 Å². The van der Waals surface area contributed by atoms with Crippen molar-refractivity contribution in [2.24, 2.45) is 0 Å². The zero-order valence-electron chi connectivity index (χ0n) is 15.8. The minimum absolute atomic E-state index is 0.367. The minimum Gasteiger partial charge on any atom is -0.280 e. The number of aryl methyl sites for hydroxylation is 4. The van der Waals surface area contributed by atoms with Crippen LogP contribution in [-0.4, -0.2) is 8.42 Å². The van der Waals surface area contributed by atoms with Crippen molar-refractivity contribution in [2.45, 2.75) is 45.4 Å². The van der Waals surface area contributed by atoms with Gasteiger partial charge in [-0.15, -0.1) is 0 Å². The van der Waals surface area contributed by atoms with E-state index in [1.54, 1.807) is 6.07 Å². The van der Waals surface area contributed by atoms with Gasteiger partial charge >= 0.3 is 0 Å². The molecule has 0 aliphatic carbocycles. The van der Waals surface area contributed by atoms with E-state index < -0.39 is 10.0 Å². The van der Waals surface area contributed by atoms with Crippen LogP contribution in [0.5, 0.6) is 0 Å². The van der Waals surface area contributed by atoms with Gasteiger partial charge in [0.05, 0.1) is 4.90 Å². The van der Waals surface area contributed by atoms with E-state index in [2.05, 4.69) is 17.7 Å². The van der Waals surface area contributed by atoms with Crippen LogP contribution in [-0.2, 0) is 22.9 Å². The molecule has 0 aliphatic heterocycles. The third-order valence-electron chi connectivity index (χ3n) is 4.98. The van der Waals surface area contributed by atoms with Gasteiger partial charge in [0.25, 0.3) is 10.0 Å². The Labute approximate surface area is 156 Å². The summed E-state index contributed by atoms with van der Waals surface area (Å²) in [6, 6.07) is 15.4. The smallest absolute Gasteiger partial charge is 0.262 e. The lowest BCUT2D eigenvalue weighted by Crippen LogP contribution is -2.15. The van der Waals surface area contributed by atoms with Crippen LogP contribution in [0, 0.1) is 13.8 Å². The Morgan fingerprint density at radius 2 is 1.65 bits per heavy atom. The fourth-order valence-corrected chi connectivity index (χ4v) is 4.79. The number of anilines is 1. The van der Waals surface area contributed by atoms with Gasteiger partial charge in [-0.2, -0.15) is 0 Å². The van der Waals surface area contributed by atoms with Crippen molar-refractivity contribution >= 4 is 26.5 Å². The molecule has 3 aromatic rings. The second kappa shape index (κ2) is 7.12. The van der Waals surface area contributed by atoms with Crippen LogP contribution < -0.4 is 4.72 Å². The highest BCUT2D eigenvalue weighted by atomic mass is 32.2. The van der Waals surface area contributed by atoms with Gasteiger partial charge in [-0.05, 0) is 77.9 Å². The van der Waals surface area contributed by atoms with Crippen LogP contribution in [0.1, 0.15) is 36.1 Å². The third-order valence-corrected chi connectivity index (χ3v) is 6.45. The minimum atomic E-state index is -3.65. The van der Waals surface area contributed by atoms with Crippen molar-refractivity contribution in [1.82, 2.24) is 0 Å². The van der Waals surface area contributed by atoms with Crippen LogP contribution in [0.25, 0.3) is 10.8 Å². The molecular weight excluding hydrogens is 342 g/mol. The molecule has 0 radical (unpaired) electrons. The van der Waals surface area contributed by atoms with Crippen molar-refractivity contribution in [1.29, 1.82) is 0 Å². The Morgan fingerprint density at radius 3 is 2.31 bits per heavy atom. The summed E-state index contributed by atoms with van der Waals surface area (Å²) in [5.74, 6) is 0. The molecule has 0 heterocycles. The van der Waals surface area contributed by atoms with E-state index in [1.807, 2.05) is 57.2 Å². The number of sulfonamides is 1. The summed E-state index contributed by atoms with van der Waals surface area (Å²) in [6.07, 6.45) is 1.54. The summed E-state index contributed by atoms with van der Waals surface area (Å²) < 4.78 is 29.0. The molecule has 0 aliphatic rings. The molecule has 3 aromatic carbocycles. The van der Waals surface area contributed by atoms with Crippen LogP contribution in [0.3, 0.4) is 0 Å². The second-order valence-electron chi connectivity index (χ2n) is 6.67. The largest absolute Gasteiger partial charge is 0.280 e. The first-order valence-corrected chi connectivity index (χ1v) is 10.5. The Hall–Kier alpha value is -2.33. The first kappa shape index (κ1) is 18.5. The molecule has 0 amide bonds. The lowest BCUT2D eigenvalue weighted by molar-refractivity contribution is 0.600. The average molecular weight is 368 g/mol. The van der Waals surface area contributed by atoms with E-state index in [-0.39, 0.29) is 0 Å². The van der Waals surface area contributed by atoms with Gasteiger partial charge in [-0.1, -0.05) is 44.2 Å². The molecule has 0 atom stereocenters. The predicted molar refractivity (Wildman–Crippen MR) is 109 cm³/mol. The quantitative estimate of drug-likeness (QED) is 0.658. The second-order valence-corrected chi connectivity index (χ2v) is 8.32. The molecule has 0 bridgehead atoms. The van der Waals surface area contributed by atoms with E-state index in [4.69, 9.17) is 0 Å². The Kier molecular flexibility index (Phi) is 5.05. The molecule has 4 heteroatoms. The highest BCUT2D eigenvalue weighted by Gasteiger charge is 2.21. The highest BCUT2D eigenvalue weighted by Crippen LogP contribution is 2.31. The fourth-order valence-electron chi connectivity index (χ4n) is 3.43. The van der Waals surface area contributed by atoms with Gasteiger partial charge < -0.3 is 0 Å². The van der Waals surface area contributed by atoms with Crippen LogP contribution in [0.15, 0.2) is 53.4 Å². The summed E-state index contributed by atoms with van der Waals surface area (Å²) in [7, 11) is -3.65. The van der Waals surface area contributed by atoms with Gasteiger partial charge in [-0.3, -0.25) is 4.72 Å². The molecule has 0 aromatic heterocycles. The molecule has 3 rings (SSSR count). The number of hydrogen-bond acceptors (Lipinski definition) is 2. The maximum absolute atomic E-state index is 13.1. The summed E-state index contributed by atoms with van der Waals surface area (Å²) in [6.45, 7) is 8.10. The lowest BCUT2D eigenvalue weighted by Gasteiger charge is -2.16. The molecule has 0 saturated carbocycles. The molecule has 0 saturated heterocycles. The van der Waals surface area contributed by atoms with E-state index in [9.17, 15) is 8.42 Å². The van der Waals surface area contributed by atoms with Gasteiger partial charge in [-0.25, -0.2) is 8.42 Å². The van der Waals surface area contributed by atoms with E-state index in [1.165, 1.54) is 5.56 Å². The summed E-state index contributed by atoms with van der Waals surface area (Å²) in [5.41, 5.74) is 4.87. The Morgan fingerprint density at radius 1 is 0.885 bits per heavy atom. The molecular formula is C22H25NO2S. The number of nitrogens with one attached hydrogen (secondary N) is 1. The normalized spacial score (nSPS) is 11.7.